The van der Waals surface area contributed by atoms with Crippen molar-refractivity contribution in [3.63, 3.8) is 0 Å². The molecule has 1 amide bonds. The Bertz CT molecular complexity index is 732. The van der Waals surface area contributed by atoms with E-state index in [-0.39, 0.29) is 15.2 Å². The number of carboxylic acid groups (broad SMARTS) is 1. The number of hydrogen-bond donors (Lipinski definition) is 2. The number of carbonyl (C=O) groups excluding carboxylic acids is 2. The minimum absolute atomic E-state index is 0.00853. The fraction of sp³-hybridized carbons (Fsp3) is 0.462. The van der Waals surface area contributed by atoms with Crippen LogP contribution >= 0.6 is 22.9 Å². The highest BCUT2D eigenvalue weighted by molar-refractivity contribution is 7.20. The second-order valence-electron chi connectivity index (χ2n) is 5.78. The zero-order valence-corrected chi connectivity index (χ0v) is 16.2. The van der Waals surface area contributed by atoms with Crippen molar-refractivity contribution in [3.05, 3.63) is 10.0 Å². The Morgan fingerprint density at radius 1 is 1.38 bits per heavy atom. The number of nitrogens with zero attached hydrogens (tertiary/aromatic N) is 2. The molecule has 1 atom stereocenters. The Labute approximate surface area is 158 Å². The van der Waals surface area contributed by atoms with Gasteiger partial charge in [0.05, 0.1) is 0 Å². The first kappa shape index (κ1) is 21.7. The van der Waals surface area contributed by atoms with Crippen molar-refractivity contribution in [3.8, 4) is 0 Å². The van der Waals surface area contributed by atoms with Gasteiger partial charge in [-0.05, 0) is 27.7 Å². The summed E-state index contributed by atoms with van der Waals surface area (Å²) in [7, 11) is 1.15. The van der Waals surface area contributed by atoms with Crippen molar-refractivity contribution in [2.24, 2.45) is 5.16 Å². The van der Waals surface area contributed by atoms with Gasteiger partial charge in [-0.1, -0.05) is 28.1 Å². The highest BCUT2D eigenvalue weighted by Crippen LogP contribution is 2.29. The van der Waals surface area contributed by atoms with Crippen molar-refractivity contribution < 1.29 is 33.7 Å². The molecule has 0 unspecified atom stereocenters. The molecule has 0 aliphatic rings. The molecule has 1 aromatic heterocycles. The zero-order valence-electron chi connectivity index (χ0n) is 14.7. The predicted molar refractivity (Wildman–Crippen MR) is 96.3 cm³/mol. The zero-order chi connectivity index (χ0) is 20.1. The second kappa shape index (κ2) is 8.85. The maximum absolute atomic E-state index is 11.7. The molecular formula is C13H17BClN3O7S. The van der Waals surface area contributed by atoms with E-state index >= 15 is 0 Å². The van der Waals surface area contributed by atoms with Crippen LogP contribution in [-0.2, 0) is 23.8 Å². The lowest BCUT2D eigenvalue weighted by Crippen LogP contribution is -2.27. The molecule has 2 N–H and O–H groups in total. The van der Waals surface area contributed by atoms with Crippen molar-refractivity contribution in [1.29, 1.82) is 0 Å². The molecule has 142 valence electrons. The molecule has 0 fully saturated rings. The van der Waals surface area contributed by atoms with Crippen LogP contribution in [0.4, 0.5) is 9.93 Å². The van der Waals surface area contributed by atoms with Gasteiger partial charge in [-0.15, -0.1) is 0 Å². The highest BCUT2D eigenvalue weighted by Gasteiger charge is 2.25. The summed E-state index contributed by atoms with van der Waals surface area (Å²) < 4.78 is 9.46. The number of thiazole rings is 1. The first-order valence-corrected chi connectivity index (χ1v) is 8.35. The van der Waals surface area contributed by atoms with E-state index in [0.29, 0.717) is 0 Å². The summed E-state index contributed by atoms with van der Waals surface area (Å²) in [4.78, 5) is 43.1. The molecule has 1 aromatic rings. The normalized spacial score (nSPS) is 12.9. The second-order valence-corrected chi connectivity index (χ2v) is 7.39. The maximum Gasteiger partial charge on any atom is 0.413 e. The van der Waals surface area contributed by atoms with Crippen LogP contribution in [0.2, 0.25) is 4.34 Å². The van der Waals surface area contributed by atoms with Crippen LogP contribution < -0.4 is 5.32 Å². The molecule has 0 aliphatic carbocycles. The number of oxime groups is 1. The molecule has 0 spiro atoms. The van der Waals surface area contributed by atoms with Gasteiger partial charge in [0.2, 0.25) is 11.8 Å². The molecule has 0 radical (unpaired) electrons. The van der Waals surface area contributed by atoms with E-state index in [9.17, 15) is 19.5 Å². The average Bonchev–Trinajstić information content (AvgIpc) is 2.84. The highest BCUT2D eigenvalue weighted by atomic mass is 35.5. The summed E-state index contributed by atoms with van der Waals surface area (Å²) in [6.45, 7) is 6.37. The van der Waals surface area contributed by atoms with Crippen LogP contribution in [0.15, 0.2) is 5.16 Å². The van der Waals surface area contributed by atoms with Crippen molar-refractivity contribution in [2.45, 2.75) is 39.4 Å². The molecule has 0 bridgehead atoms. The molecule has 0 saturated carbocycles. The molecule has 0 saturated heterocycles. The van der Waals surface area contributed by atoms with Gasteiger partial charge < -0.3 is 19.3 Å². The number of nitrogens with one attached hydrogen (secondary N) is 1. The molecule has 1 heterocycles. The van der Waals surface area contributed by atoms with E-state index in [4.69, 9.17) is 21.2 Å². The van der Waals surface area contributed by atoms with Crippen LogP contribution in [-0.4, -0.2) is 53.6 Å². The van der Waals surface area contributed by atoms with Gasteiger partial charge >= 0.3 is 26.1 Å². The van der Waals surface area contributed by atoms with Gasteiger partial charge in [0, 0.05) is 0 Å². The van der Waals surface area contributed by atoms with Gasteiger partial charge in [0.15, 0.2) is 5.13 Å². The minimum Gasteiger partial charge on any atom is -0.541 e. The monoisotopic (exact) mass is 405 g/mol. The molecule has 0 aromatic carbocycles. The van der Waals surface area contributed by atoms with Crippen molar-refractivity contribution >= 4 is 59.9 Å². The number of carbonyl (C=O) groups is 3. The molecule has 0 aliphatic heterocycles. The van der Waals surface area contributed by atoms with Crippen molar-refractivity contribution in [1.82, 2.24) is 4.98 Å². The van der Waals surface area contributed by atoms with E-state index in [2.05, 4.69) is 20.1 Å². The van der Waals surface area contributed by atoms with Gasteiger partial charge in [-0.3, -0.25) is 5.32 Å². The third kappa shape index (κ3) is 6.52. The third-order valence-corrected chi connectivity index (χ3v) is 3.63. The van der Waals surface area contributed by atoms with Gasteiger partial charge in [0.1, 0.15) is 15.6 Å². The summed E-state index contributed by atoms with van der Waals surface area (Å²) >= 11 is 6.79. The van der Waals surface area contributed by atoms with Crippen molar-refractivity contribution in [2.75, 3.05) is 5.32 Å². The summed E-state index contributed by atoms with van der Waals surface area (Å²) in [5.74, 6) is -2.23. The summed E-state index contributed by atoms with van der Waals surface area (Å²) in [6, 6.07) is 0. The maximum atomic E-state index is 11.7. The van der Waals surface area contributed by atoms with E-state index in [1.54, 1.807) is 20.8 Å². The van der Waals surface area contributed by atoms with Crippen LogP contribution in [0.1, 0.15) is 33.4 Å². The Hall–Kier alpha value is -2.34. The number of aliphatic carboxylic acids is 1. The largest absolute Gasteiger partial charge is 0.541 e. The minimum atomic E-state index is -1.49. The number of amides is 1. The Balaban J connectivity index is 3.00. The lowest BCUT2D eigenvalue weighted by molar-refractivity contribution is -0.146. The lowest BCUT2D eigenvalue weighted by atomic mass is 10.2. The van der Waals surface area contributed by atoms with Crippen LogP contribution in [0.5, 0.6) is 0 Å². The van der Waals surface area contributed by atoms with E-state index in [0.717, 1.165) is 19.4 Å². The van der Waals surface area contributed by atoms with Gasteiger partial charge in [0.25, 0.3) is 0 Å². The quantitative estimate of drug-likeness (QED) is 0.412. The molecule has 10 nitrogen and oxygen atoms in total. The summed E-state index contributed by atoms with van der Waals surface area (Å²) in [6.07, 6.45) is -1.91. The first-order chi connectivity index (χ1) is 11.9. The van der Waals surface area contributed by atoms with E-state index < -0.39 is 35.4 Å². The van der Waals surface area contributed by atoms with Crippen LogP contribution in [0.3, 0.4) is 0 Å². The van der Waals surface area contributed by atoms with Gasteiger partial charge in [-0.2, -0.15) is 0 Å². The standard InChI is InChI=1S/C13H17BClN3O7S/c1-5(10(21)24-14)25-18-7(9(19)20)6-8(15)26-11(16-6)17-12(22)23-13(2,3)4/h5H,14H2,1-4H3,(H,19,20)(H,16,17,22)/b18-7-/t5-/m0/s1. The third-order valence-electron chi connectivity index (χ3n) is 2.46. The Morgan fingerprint density at radius 2 is 2.00 bits per heavy atom. The lowest BCUT2D eigenvalue weighted by Gasteiger charge is -2.18. The molecular weight excluding hydrogens is 388 g/mol. The Kier molecular flexibility index (Phi) is 7.39. The van der Waals surface area contributed by atoms with Gasteiger partial charge in [-0.25, -0.2) is 19.4 Å². The van der Waals surface area contributed by atoms with Crippen LogP contribution in [0.25, 0.3) is 0 Å². The molecule has 13 heteroatoms. The number of ether oxygens (including phenoxy) is 1. The smallest absolute Gasteiger partial charge is 0.413 e. The number of halogens is 1. The summed E-state index contributed by atoms with van der Waals surface area (Å²) in [5, 5.41) is 15.0. The molecule has 26 heavy (non-hydrogen) atoms. The van der Waals surface area contributed by atoms with Crippen LogP contribution in [0, 0.1) is 0 Å². The average molecular weight is 406 g/mol. The number of anilines is 1. The van der Waals surface area contributed by atoms with E-state index in [1.165, 1.54) is 6.92 Å². The predicted octanol–water partition coefficient (Wildman–Crippen LogP) is 1.43. The first-order valence-electron chi connectivity index (χ1n) is 7.16. The summed E-state index contributed by atoms with van der Waals surface area (Å²) in [5.41, 5.74) is -1.59. The number of carboxylic acids is 1. The Morgan fingerprint density at radius 3 is 2.50 bits per heavy atom. The fourth-order valence-corrected chi connectivity index (χ4v) is 2.45. The number of hydrogen-bond acceptors (Lipinski definition) is 9. The SMILES string of the molecule is BOC(=O)[C@H](C)O/N=C(\C(=O)O)c1nc(NC(=O)OC(C)(C)C)sc1Cl. The van der Waals surface area contributed by atoms with E-state index in [1.807, 2.05) is 0 Å². The number of aromatic nitrogens is 1. The molecule has 1 rings (SSSR count). The fourth-order valence-electron chi connectivity index (χ4n) is 1.42. The topological polar surface area (TPSA) is 136 Å². The number of rotatable bonds is 6.